The van der Waals surface area contributed by atoms with Gasteiger partial charge in [0.2, 0.25) is 10.0 Å². The number of nitrogens with zero attached hydrogens (tertiary/aromatic N) is 3. The molecule has 0 amide bonds. The third-order valence-corrected chi connectivity index (χ3v) is 6.91. The van der Waals surface area contributed by atoms with Gasteiger partial charge in [-0.05, 0) is 43.7 Å². The van der Waals surface area contributed by atoms with Crippen LogP contribution in [0.5, 0.6) is 0 Å². The fourth-order valence-electron chi connectivity index (χ4n) is 2.94. The molecule has 1 unspecified atom stereocenters. The lowest BCUT2D eigenvalue weighted by Crippen LogP contribution is -2.34. The van der Waals surface area contributed by atoms with Gasteiger partial charge in [-0.15, -0.1) is 11.3 Å². The molecule has 0 aliphatic rings. The Morgan fingerprint density at radius 3 is 2.46 bits per heavy atom. The number of fused-ring (bicyclic) bond motifs is 1. The summed E-state index contributed by atoms with van der Waals surface area (Å²) in [4.78, 5) is 15.3. The molecule has 1 atom stereocenters. The number of hydrogen-bond donors (Lipinski definition) is 1. The molecule has 0 aliphatic heterocycles. The summed E-state index contributed by atoms with van der Waals surface area (Å²) in [6, 6.07) is 8.63. The molecule has 0 bridgehead atoms. The van der Waals surface area contributed by atoms with Gasteiger partial charge >= 0.3 is 5.69 Å². The first-order valence-electron chi connectivity index (χ1n) is 8.07. The first kappa shape index (κ1) is 18.8. The van der Waals surface area contributed by atoms with Crippen LogP contribution in [0.2, 0.25) is 0 Å². The zero-order valence-corrected chi connectivity index (χ0v) is 16.8. The maximum absolute atomic E-state index is 12.8. The maximum Gasteiger partial charge on any atom is 0.328 e. The second-order valence-corrected chi connectivity index (χ2v) is 9.14. The van der Waals surface area contributed by atoms with Crippen molar-refractivity contribution in [1.82, 2.24) is 18.8 Å². The molecule has 0 radical (unpaired) electrons. The average molecular weight is 395 g/mol. The van der Waals surface area contributed by atoms with Gasteiger partial charge in [-0.1, -0.05) is 6.07 Å². The van der Waals surface area contributed by atoms with E-state index in [9.17, 15) is 13.2 Å². The lowest BCUT2D eigenvalue weighted by Gasteiger charge is -2.23. The van der Waals surface area contributed by atoms with Crippen LogP contribution in [0.25, 0.3) is 11.0 Å². The third-order valence-electron chi connectivity index (χ3n) is 4.52. The summed E-state index contributed by atoms with van der Waals surface area (Å²) in [6.45, 7) is 0.265. The van der Waals surface area contributed by atoms with E-state index in [4.69, 9.17) is 0 Å². The van der Waals surface area contributed by atoms with E-state index in [1.807, 2.05) is 36.5 Å². The van der Waals surface area contributed by atoms with E-state index in [2.05, 4.69) is 4.72 Å². The first-order valence-corrected chi connectivity index (χ1v) is 10.4. The molecule has 1 N–H and O–H groups in total. The summed E-state index contributed by atoms with van der Waals surface area (Å²) in [7, 11) is 3.45. The average Bonchev–Trinajstić information content (AvgIpc) is 3.19. The fraction of sp³-hybridized carbons (Fsp3) is 0.353. The Balaban J connectivity index is 1.89. The molecule has 140 valence electrons. The molecular weight excluding hydrogens is 372 g/mol. The zero-order chi connectivity index (χ0) is 19.1. The van der Waals surface area contributed by atoms with Crippen molar-refractivity contribution in [2.75, 3.05) is 20.6 Å². The minimum absolute atomic E-state index is 0.0467. The van der Waals surface area contributed by atoms with Gasteiger partial charge in [0.05, 0.1) is 22.0 Å². The molecule has 7 nitrogen and oxygen atoms in total. The Hall–Kier alpha value is -1.94. The number of thiophene rings is 1. The predicted molar refractivity (Wildman–Crippen MR) is 104 cm³/mol. The quantitative estimate of drug-likeness (QED) is 0.688. The van der Waals surface area contributed by atoms with Crippen molar-refractivity contribution < 1.29 is 8.42 Å². The minimum Gasteiger partial charge on any atom is -0.300 e. The second kappa shape index (κ2) is 6.99. The lowest BCUT2D eigenvalue weighted by molar-refractivity contribution is 0.303. The van der Waals surface area contributed by atoms with Crippen LogP contribution in [0.4, 0.5) is 0 Å². The topological polar surface area (TPSA) is 76.3 Å². The second-order valence-electron chi connectivity index (χ2n) is 6.40. The molecule has 0 spiro atoms. The predicted octanol–water partition coefficient (Wildman–Crippen LogP) is 1.52. The van der Waals surface area contributed by atoms with Crippen LogP contribution in [-0.4, -0.2) is 43.1 Å². The Kier molecular flexibility index (Phi) is 5.07. The molecule has 26 heavy (non-hydrogen) atoms. The van der Waals surface area contributed by atoms with E-state index in [1.54, 1.807) is 31.5 Å². The highest BCUT2D eigenvalue weighted by molar-refractivity contribution is 7.89. The Morgan fingerprint density at radius 1 is 1.15 bits per heavy atom. The van der Waals surface area contributed by atoms with Crippen LogP contribution < -0.4 is 10.4 Å². The first-order chi connectivity index (χ1) is 12.2. The smallest absolute Gasteiger partial charge is 0.300 e. The molecule has 0 fully saturated rings. The van der Waals surface area contributed by atoms with Crippen LogP contribution >= 0.6 is 11.3 Å². The Bertz CT molecular complexity index is 1080. The van der Waals surface area contributed by atoms with Gasteiger partial charge < -0.3 is 4.90 Å². The lowest BCUT2D eigenvalue weighted by atomic mass is 10.2. The molecule has 2 heterocycles. The van der Waals surface area contributed by atoms with E-state index < -0.39 is 10.0 Å². The van der Waals surface area contributed by atoms with Crippen molar-refractivity contribution in [3.8, 4) is 0 Å². The number of aromatic nitrogens is 2. The number of rotatable bonds is 6. The van der Waals surface area contributed by atoms with Crippen LogP contribution in [0, 0.1) is 0 Å². The van der Waals surface area contributed by atoms with Crippen LogP contribution in [0.3, 0.4) is 0 Å². The number of sulfonamides is 1. The monoisotopic (exact) mass is 394 g/mol. The van der Waals surface area contributed by atoms with Crippen molar-refractivity contribution in [2.24, 2.45) is 14.1 Å². The summed E-state index contributed by atoms with van der Waals surface area (Å²) < 4.78 is 31.1. The number of hydrogen-bond acceptors (Lipinski definition) is 5. The van der Waals surface area contributed by atoms with E-state index in [-0.39, 0.29) is 23.2 Å². The summed E-state index contributed by atoms with van der Waals surface area (Å²) in [5, 5.41) is 1.98. The van der Waals surface area contributed by atoms with Gasteiger partial charge in [-0.25, -0.2) is 17.9 Å². The zero-order valence-electron chi connectivity index (χ0n) is 15.1. The number of imidazole rings is 1. The van der Waals surface area contributed by atoms with Gasteiger partial charge in [-0.3, -0.25) is 9.13 Å². The van der Waals surface area contributed by atoms with Crippen molar-refractivity contribution in [2.45, 2.75) is 10.9 Å². The highest BCUT2D eigenvalue weighted by atomic mass is 32.2. The molecule has 0 saturated carbocycles. The van der Waals surface area contributed by atoms with Crippen molar-refractivity contribution in [1.29, 1.82) is 0 Å². The van der Waals surface area contributed by atoms with E-state index in [1.165, 1.54) is 21.3 Å². The number of likely N-dealkylation sites (N-methyl/N-ethyl adjacent to an activating group) is 1. The van der Waals surface area contributed by atoms with E-state index >= 15 is 0 Å². The maximum atomic E-state index is 12.8. The van der Waals surface area contributed by atoms with Gasteiger partial charge in [0.1, 0.15) is 0 Å². The molecule has 9 heteroatoms. The highest BCUT2D eigenvalue weighted by Crippen LogP contribution is 2.23. The van der Waals surface area contributed by atoms with Crippen molar-refractivity contribution in [3.63, 3.8) is 0 Å². The molecule has 3 rings (SSSR count). The van der Waals surface area contributed by atoms with Gasteiger partial charge in [-0.2, -0.15) is 0 Å². The molecule has 3 aromatic rings. The van der Waals surface area contributed by atoms with Crippen LogP contribution in [0.1, 0.15) is 10.9 Å². The largest absolute Gasteiger partial charge is 0.328 e. The van der Waals surface area contributed by atoms with E-state index in [0.29, 0.717) is 11.0 Å². The van der Waals surface area contributed by atoms with Crippen molar-refractivity contribution in [3.05, 3.63) is 51.1 Å². The Morgan fingerprint density at radius 2 is 1.85 bits per heavy atom. The van der Waals surface area contributed by atoms with Crippen LogP contribution in [0.15, 0.2) is 45.4 Å². The number of nitrogens with one attached hydrogen (secondary N) is 1. The summed E-state index contributed by atoms with van der Waals surface area (Å²) in [5.41, 5.74) is 1.09. The summed E-state index contributed by atoms with van der Waals surface area (Å²) in [6.07, 6.45) is 0. The van der Waals surface area contributed by atoms with E-state index in [0.717, 1.165) is 4.88 Å². The standard InChI is InChI=1S/C17H22N4O3S2/c1-19(2)15(16-6-5-9-25-16)11-18-26(23,24)12-7-8-13-14(10-12)21(4)17(22)20(13)3/h5-10,15,18H,11H2,1-4H3. The van der Waals surface area contributed by atoms with Crippen LogP contribution in [-0.2, 0) is 24.1 Å². The molecule has 0 saturated heterocycles. The fourth-order valence-corrected chi connectivity index (χ4v) is 4.92. The molecule has 1 aromatic carbocycles. The number of benzene rings is 1. The minimum atomic E-state index is -3.69. The Labute approximate surface area is 156 Å². The van der Waals surface area contributed by atoms with Gasteiger partial charge in [0.25, 0.3) is 0 Å². The summed E-state index contributed by atoms with van der Waals surface area (Å²) in [5.74, 6) is 0. The van der Waals surface area contributed by atoms with Gasteiger partial charge in [0.15, 0.2) is 0 Å². The number of aryl methyl sites for hydroxylation is 2. The normalized spacial score (nSPS) is 13.6. The molecule has 2 aromatic heterocycles. The van der Waals surface area contributed by atoms with Gasteiger partial charge in [0, 0.05) is 25.5 Å². The van der Waals surface area contributed by atoms with Crippen molar-refractivity contribution >= 4 is 32.4 Å². The molecule has 0 aliphatic carbocycles. The third kappa shape index (κ3) is 3.35. The SMILES string of the molecule is CN(C)C(CNS(=O)(=O)c1ccc2c(c1)n(C)c(=O)n2C)c1cccs1. The molecular formula is C17H22N4O3S2. The summed E-state index contributed by atoms with van der Waals surface area (Å²) >= 11 is 1.60. The highest BCUT2D eigenvalue weighted by Gasteiger charge is 2.21.